The van der Waals surface area contributed by atoms with Crippen molar-refractivity contribution < 1.29 is 14.7 Å². The summed E-state index contributed by atoms with van der Waals surface area (Å²) >= 11 is 0. The minimum atomic E-state index is -0.659. The number of aliphatic hydroxyl groups is 1. The molecule has 0 fully saturated rings. The van der Waals surface area contributed by atoms with Crippen LogP contribution in [0.4, 0.5) is 0 Å². The predicted octanol–water partition coefficient (Wildman–Crippen LogP) is 2.60. The molecule has 96 valence electrons. The van der Waals surface area contributed by atoms with E-state index in [1.165, 1.54) is 25.7 Å². The molecule has 0 saturated carbocycles. The fourth-order valence-corrected chi connectivity index (χ4v) is 1.97. The average Bonchev–Trinajstić information content (AvgIpc) is 2.54. The Balaban J connectivity index is 2.15. The van der Waals surface area contributed by atoms with Gasteiger partial charge < -0.3 is 5.11 Å². The summed E-state index contributed by atoms with van der Waals surface area (Å²) in [7, 11) is 0. The van der Waals surface area contributed by atoms with Gasteiger partial charge >= 0.3 is 0 Å². The molecular weight excluding hydrogens is 218 g/mol. The normalized spacial score (nSPS) is 15.6. The SMILES string of the molecule is CCCCCCCCCC1=C(O)C(=O)NC1=O. The second-order valence-electron chi connectivity index (χ2n) is 4.48. The van der Waals surface area contributed by atoms with Gasteiger partial charge in [-0.1, -0.05) is 45.4 Å². The summed E-state index contributed by atoms with van der Waals surface area (Å²) in [6.07, 6.45) is 8.56. The third-order valence-corrected chi connectivity index (χ3v) is 3.03. The predicted molar refractivity (Wildman–Crippen MR) is 65.4 cm³/mol. The molecule has 0 unspecified atom stereocenters. The van der Waals surface area contributed by atoms with E-state index in [0.717, 1.165) is 19.3 Å². The minimum Gasteiger partial charge on any atom is -0.503 e. The van der Waals surface area contributed by atoms with Gasteiger partial charge in [-0.25, -0.2) is 0 Å². The Morgan fingerprint density at radius 3 is 2.06 bits per heavy atom. The van der Waals surface area contributed by atoms with Gasteiger partial charge in [-0.05, 0) is 12.8 Å². The lowest BCUT2D eigenvalue weighted by Crippen LogP contribution is -2.23. The number of nitrogens with one attached hydrogen (secondary N) is 1. The molecule has 1 heterocycles. The molecule has 0 aromatic rings. The van der Waals surface area contributed by atoms with Crippen molar-refractivity contribution in [1.82, 2.24) is 5.32 Å². The fourth-order valence-electron chi connectivity index (χ4n) is 1.97. The van der Waals surface area contributed by atoms with Crippen LogP contribution in [0.5, 0.6) is 0 Å². The molecular formula is C13H21NO3. The second-order valence-corrected chi connectivity index (χ2v) is 4.48. The summed E-state index contributed by atoms with van der Waals surface area (Å²) in [5.74, 6) is -1.48. The van der Waals surface area contributed by atoms with Crippen molar-refractivity contribution in [1.29, 1.82) is 0 Å². The zero-order chi connectivity index (χ0) is 12.7. The van der Waals surface area contributed by atoms with Crippen LogP contribution in [-0.2, 0) is 9.59 Å². The first-order valence-electron chi connectivity index (χ1n) is 6.44. The van der Waals surface area contributed by atoms with E-state index in [4.69, 9.17) is 0 Å². The maximum atomic E-state index is 11.3. The van der Waals surface area contributed by atoms with E-state index in [1.54, 1.807) is 0 Å². The van der Waals surface area contributed by atoms with Crippen molar-refractivity contribution in [2.45, 2.75) is 58.3 Å². The summed E-state index contributed by atoms with van der Waals surface area (Å²) in [5.41, 5.74) is 0.253. The molecule has 4 nitrogen and oxygen atoms in total. The van der Waals surface area contributed by atoms with Crippen LogP contribution in [0.15, 0.2) is 11.3 Å². The third-order valence-electron chi connectivity index (χ3n) is 3.03. The van der Waals surface area contributed by atoms with E-state index in [1.807, 2.05) is 0 Å². The Bertz CT molecular complexity index is 321. The van der Waals surface area contributed by atoms with Gasteiger partial charge in [0, 0.05) is 0 Å². The highest BCUT2D eigenvalue weighted by atomic mass is 16.3. The van der Waals surface area contributed by atoms with Crippen molar-refractivity contribution >= 4 is 11.8 Å². The lowest BCUT2D eigenvalue weighted by atomic mass is 10.0. The van der Waals surface area contributed by atoms with Crippen molar-refractivity contribution in [3.8, 4) is 0 Å². The van der Waals surface area contributed by atoms with Gasteiger partial charge in [0.15, 0.2) is 5.76 Å². The average molecular weight is 239 g/mol. The van der Waals surface area contributed by atoms with Gasteiger partial charge in [0.25, 0.3) is 11.8 Å². The first kappa shape index (κ1) is 13.7. The molecule has 0 radical (unpaired) electrons. The number of carbonyl (C=O) groups is 2. The number of imide groups is 1. The minimum absolute atomic E-state index is 0.253. The van der Waals surface area contributed by atoms with Crippen LogP contribution in [0.3, 0.4) is 0 Å². The number of hydrogen-bond acceptors (Lipinski definition) is 3. The largest absolute Gasteiger partial charge is 0.503 e. The quantitative estimate of drug-likeness (QED) is 0.505. The van der Waals surface area contributed by atoms with Crippen molar-refractivity contribution in [2.24, 2.45) is 0 Å². The first-order valence-corrected chi connectivity index (χ1v) is 6.44. The zero-order valence-electron chi connectivity index (χ0n) is 10.4. The first-order chi connectivity index (χ1) is 8.16. The zero-order valence-corrected chi connectivity index (χ0v) is 10.4. The Kier molecular flexibility index (Phi) is 5.73. The molecule has 17 heavy (non-hydrogen) atoms. The molecule has 0 saturated heterocycles. The number of unbranched alkanes of at least 4 members (excludes halogenated alkanes) is 6. The summed E-state index contributed by atoms with van der Waals surface area (Å²) in [5, 5.41) is 11.4. The maximum absolute atomic E-state index is 11.3. The molecule has 0 aromatic heterocycles. The summed E-state index contributed by atoms with van der Waals surface area (Å²) in [4.78, 5) is 22.2. The molecule has 1 aliphatic heterocycles. The molecule has 0 atom stereocenters. The summed E-state index contributed by atoms with van der Waals surface area (Å²) in [6.45, 7) is 2.19. The Hall–Kier alpha value is -1.32. The molecule has 0 aromatic carbocycles. The third kappa shape index (κ3) is 4.21. The standard InChI is InChI=1S/C13H21NO3/c1-2-3-4-5-6-7-8-9-10-11(15)13(17)14-12(10)16/h2-9H2,1H3,(H2,14,15,16,17). The van der Waals surface area contributed by atoms with Crippen LogP contribution in [-0.4, -0.2) is 16.9 Å². The van der Waals surface area contributed by atoms with Crippen LogP contribution in [0, 0.1) is 0 Å². The molecule has 1 rings (SSSR count). The Labute approximate surface area is 102 Å². The molecule has 0 aliphatic carbocycles. The van der Waals surface area contributed by atoms with Crippen LogP contribution in [0.1, 0.15) is 58.3 Å². The molecule has 2 amide bonds. The van der Waals surface area contributed by atoms with Crippen molar-refractivity contribution in [3.63, 3.8) is 0 Å². The van der Waals surface area contributed by atoms with Crippen LogP contribution >= 0.6 is 0 Å². The van der Waals surface area contributed by atoms with Crippen LogP contribution in [0.25, 0.3) is 0 Å². The van der Waals surface area contributed by atoms with Crippen LogP contribution in [0.2, 0.25) is 0 Å². The molecule has 0 bridgehead atoms. The number of aliphatic hydroxyl groups excluding tert-OH is 1. The Morgan fingerprint density at radius 2 is 1.53 bits per heavy atom. The number of hydrogen-bond donors (Lipinski definition) is 2. The highest BCUT2D eigenvalue weighted by Crippen LogP contribution is 2.18. The lowest BCUT2D eigenvalue weighted by molar-refractivity contribution is -0.125. The molecule has 0 spiro atoms. The topological polar surface area (TPSA) is 66.4 Å². The lowest BCUT2D eigenvalue weighted by Gasteiger charge is -2.01. The number of rotatable bonds is 8. The van der Waals surface area contributed by atoms with E-state index >= 15 is 0 Å². The monoisotopic (exact) mass is 239 g/mol. The van der Waals surface area contributed by atoms with Gasteiger partial charge in [0.1, 0.15) is 0 Å². The van der Waals surface area contributed by atoms with Crippen molar-refractivity contribution in [3.05, 3.63) is 11.3 Å². The summed E-state index contributed by atoms with van der Waals surface area (Å²) < 4.78 is 0. The molecule has 1 aliphatic rings. The molecule has 4 heteroatoms. The van der Waals surface area contributed by atoms with E-state index in [0.29, 0.717) is 6.42 Å². The smallest absolute Gasteiger partial charge is 0.293 e. The van der Waals surface area contributed by atoms with E-state index in [9.17, 15) is 14.7 Å². The molecule has 2 N–H and O–H groups in total. The number of carbonyl (C=O) groups excluding carboxylic acids is 2. The fraction of sp³-hybridized carbons (Fsp3) is 0.692. The Morgan fingerprint density at radius 1 is 0.941 bits per heavy atom. The highest BCUT2D eigenvalue weighted by molar-refractivity contribution is 6.18. The maximum Gasteiger partial charge on any atom is 0.293 e. The van der Waals surface area contributed by atoms with Gasteiger partial charge in [0.05, 0.1) is 5.57 Å². The van der Waals surface area contributed by atoms with Gasteiger partial charge in [-0.15, -0.1) is 0 Å². The van der Waals surface area contributed by atoms with E-state index < -0.39 is 11.8 Å². The second kappa shape index (κ2) is 7.09. The van der Waals surface area contributed by atoms with Gasteiger partial charge in [-0.2, -0.15) is 0 Å². The van der Waals surface area contributed by atoms with Crippen LogP contribution < -0.4 is 5.32 Å². The van der Waals surface area contributed by atoms with E-state index in [2.05, 4.69) is 12.2 Å². The van der Waals surface area contributed by atoms with Gasteiger partial charge in [0.2, 0.25) is 0 Å². The highest BCUT2D eigenvalue weighted by Gasteiger charge is 2.28. The number of amides is 2. The van der Waals surface area contributed by atoms with Crippen molar-refractivity contribution in [2.75, 3.05) is 0 Å². The van der Waals surface area contributed by atoms with E-state index in [-0.39, 0.29) is 11.3 Å². The van der Waals surface area contributed by atoms with Gasteiger partial charge in [-0.3, -0.25) is 14.9 Å². The summed E-state index contributed by atoms with van der Waals surface area (Å²) in [6, 6.07) is 0.